The highest BCUT2D eigenvalue weighted by Gasteiger charge is 2.12. The molecule has 0 aliphatic rings. The molecule has 0 saturated carbocycles. The van der Waals surface area contributed by atoms with Gasteiger partial charge in [0.1, 0.15) is 0 Å². The highest BCUT2D eigenvalue weighted by Crippen LogP contribution is 2.23. The third kappa shape index (κ3) is 4.27. The number of nitrogens with one attached hydrogen (secondary N) is 1. The van der Waals surface area contributed by atoms with Crippen molar-refractivity contribution in [3.63, 3.8) is 0 Å². The Labute approximate surface area is 127 Å². The predicted molar refractivity (Wildman–Crippen MR) is 87.4 cm³/mol. The van der Waals surface area contributed by atoms with Crippen molar-refractivity contribution in [2.45, 2.75) is 33.1 Å². The minimum Gasteiger partial charge on any atom is -0.352 e. The summed E-state index contributed by atoms with van der Waals surface area (Å²) in [6.45, 7) is 8.16. The largest absolute Gasteiger partial charge is 0.352 e. The van der Waals surface area contributed by atoms with Crippen LogP contribution in [-0.2, 0) is 9.47 Å². The number of hydrogen-bond donors (Lipinski definition) is 1. The maximum atomic E-state index is 5.57. The van der Waals surface area contributed by atoms with Gasteiger partial charge >= 0.3 is 0 Å². The molecular weight excluding hydrogens is 262 g/mol. The maximum Gasteiger partial charge on any atom is 0.169 e. The van der Waals surface area contributed by atoms with E-state index in [1.165, 1.54) is 16.3 Å². The van der Waals surface area contributed by atoms with E-state index in [2.05, 4.69) is 54.7 Å². The van der Waals surface area contributed by atoms with Crippen LogP contribution < -0.4 is 5.32 Å². The van der Waals surface area contributed by atoms with Crippen molar-refractivity contribution in [3.05, 3.63) is 48.0 Å². The Morgan fingerprint density at radius 1 is 0.952 bits per heavy atom. The summed E-state index contributed by atoms with van der Waals surface area (Å²) in [7, 11) is 0. The SMILES string of the molecule is CCOC(CN[C@H](C)c1cccc2ccccc12)OCC. The molecule has 21 heavy (non-hydrogen) atoms. The minimum atomic E-state index is -0.183. The lowest BCUT2D eigenvalue weighted by molar-refractivity contribution is -0.133. The normalized spacial score (nSPS) is 13.0. The highest BCUT2D eigenvalue weighted by molar-refractivity contribution is 5.86. The lowest BCUT2D eigenvalue weighted by Crippen LogP contribution is -2.33. The molecule has 0 amide bonds. The molecule has 0 saturated heterocycles. The molecule has 0 aliphatic heterocycles. The average Bonchev–Trinajstić information content (AvgIpc) is 2.52. The first-order valence-corrected chi connectivity index (χ1v) is 7.70. The summed E-state index contributed by atoms with van der Waals surface area (Å²) in [6.07, 6.45) is -0.183. The van der Waals surface area contributed by atoms with Crippen LogP contribution in [0.2, 0.25) is 0 Å². The summed E-state index contributed by atoms with van der Waals surface area (Å²) in [5, 5.41) is 6.08. The molecular formula is C18H25NO2. The van der Waals surface area contributed by atoms with Crippen molar-refractivity contribution in [1.82, 2.24) is 5.32 Å². The van der Waals surface area contributed by atoms with E-state index in [0.29, 0.717) is 19.8 Å². The zero-order valence-electron chi connectivity index (χ0n) is 13.1. The second-order valence-corrected chi connectivity index (χ2v) is 5.04. The first-order valence-electron chi connectivity index (χ1n) is 7.70. The van der Waals surface area contributed by atoms with Gasteiger partial charge in [-0.1, -0.05) is 42.5 Å². The molecule has 3 heteroatoms. The number of ether oxygens (including phenoxy) is 2. The molecule has 0 heterocycles. The van der Waals surface area contributed by atoms with E-state index >= 15 is 0 Å². The van der Waals surface area contributed by atoms with Gasteiger partial charge in [-0.15, -0.1) is 0 Å². The lowest BCUT2D eigenvalue weighted by atomic mass is 10.00. The summed E-state index contributed by atoms with van der Waals surface area (Å²) in [5.74, 6) is 0. The maximum absolute atomic E-state index is 5.57. The van der Waals surface area contributed by atoms with E-state index in [1.54, 1.807) is 0 Å². The monoisotopic (exact) mass is 287 g/mol. The van der Waals surface area contributed by atoms with Crippen LogP contribution in [0.4, 0.5) is 0 Å². The third-order valence-electron chi connectivity index (χ3n) is 3.59. The first-order chi connectivity index (χ1) is 10.3. The van der Waals surface area contributed by atoms with Crippen LogP contribution in [0.1, 0.15) is 32.4 Å². The molecule has 2 rings (SSSR count). The molecule has 0 bridgehead atoms. The molecule has 0 unspecified atom stereocenters. The molecule has 1 atom stereocenters. The Balaban J connectivity index is 2.06. The van der Waals surface area contributed by atoms with Gasteiger partial charge in [0.2, 0.25) is 0 Å². The van der Waals surface area contributed by atoms with Gasteiger partial charge in [0.25, 0.3) is 0 Å². The molecule has 3 nitrogen and oxygen atoms in total. The summed E-state index contributed by atoms with van der Waals surface area (Å²) in [5.41, 5.74) is 1.31. The van der Waals surface area contributed by atoms with Gasteiger partial charge in [-0.2, -0.15) is 0 Å². The van der Waals surface area contributed by atoms with Gasteiger partial charge in [0.15, 0.2) is 6.29 Å². The molecule has 2 aromatic rings. The van der Waals surface area contributed by atoms with Gasteiger partial charge < -0.3 is 14.8 Å². The van der Waals surface area contributed by atoms with Crippen LogP contribution in [0.5, 0.6) is 0 Å². The molecule has 0 aliphatic carbocycles. The van der Waals surface area contributed by atoms with Crippen molar-refractivity contribution in [1.29, 1.82) is 0 Å². The summed E-state index contributed by atoms with van der Waals surface area (Å²) in [4.78, 5) is 0. The van der Waals surface area contributed by atoms with Crippen LogP contribution in [0, 0.1) is 0 Å². The lowest BCUT2D eigenvalue weighted by Gasteiger charge is -2.21. The summed E-state index contributed by atoms with van der Waals surface area (Å²) >= 11 is 0. The minimum absolute atomic E-state index is 0.183. The summed E-state index contributed by atoms with van der Waals surface area (Å²) < 4.78 is 11.1. The second kappa shape index (κ2) is 8.13. The molecule has 0 radical (unpaired) electrons. The summed E-state index contributed by atoms with van der Waals surface area (Å²) in [6, 6.07) is 15.2. The van der Waals surface area contributed by atoms with E-state index in [1.807, 2.05) is 13.8 Å². The Hall–Kier alpha value is -1.42. The molecule has 114 valence electrons. The molecule has 2 aromatic carbocycles. The van der Waals surface area contributed by atoms with Gasteiger partial charge in [-0.3, -0.25) is 0 Å². The van der Waals surface area contributed by atoms with Crippen LogP contribution in [0.15, 0.2) is 42.5 Å². The van der Waals surface area contributed by atoms with Crippen molar-refractivity contribution < 1.29 is 9.47 Å². The number of fused-ring (bicyclic) bond motifs is 1. The quantitative estimate of drug-likeness (QED) is 0.747. The average molecular weight is 287 g/mol. The molecule has 0 spiro atoms. The second-order valence-electron chi connectivity index (χ2n) is 5.04. The number of hydrogen-bond acceptors (Lipinski definition) is 3. The zero-order chi connectivity index (χ0) is 15.1. The Morgan fingerprint density at radius 2 is 1.62 bits per heavy atom. The van der Waals surface area contributed by atoms with E-state index in [0.717, 1.165) is 0 Å². The van der Waals surface area contributed by atoms with Crippen LogP contribution in [0.25, 0.3) is 10.8 Å². The van der Waals surface area contributed by atoms with Crippen molar-refractivity contribution >= 4 is 10.8 Å². The van der Waals surface area contributed by atoms with Crippen LogP contribution in [-0.4, -0.2) is 26.0 Å². The smallest absolute Gasteiger partial charge is 0.169 e. The first kappa shape index (κ1) is 16.0. The van der Waals surface area contributed by atoms with E-state index < -0.39 is 0 Å². The molecule has 1 N–H and O–H groups in total. The predicted octanol–water partition coefficient (Wildman–Crippen LogP) is 3.89. The van der Waals surface area contributed by atoms with E-state index in [-0.39, 0.29) is 12.3 Å². The zero-order valence-corrected chi connectivity index (χ0v) is 13.1. The van der Waals surface area contributed by atoms with Gasteiger partial charge in [-0.05, 0) is 37.1 Å². The fourth-order valence-corrected chi connectivity index (χ4v) is 2.55. The Morgan fingerprint density at radius 3 is 2.33 bits per heavy atom. The van der Waals surface area contributed by atoms with Gasteiger partial charge in [0.05, 0.1) is 0 Å². The standard InChI is InChI=1S/C18H25NO2/c1-4-20-18(21-5-2)13-19-14(3)16-12-8-10-15-9-6-7-11-17(15)16/h6-12,14,18-19H,4-5,13H2,1-3H3/t14-/m1/s1. The highest BCUT2D eigenvalue weighted by atomic mass is 16.7. The van der Waals surface area contributed by atoms with Crippen molar-refractivity contribution in [3.8, 4) is 0 Å². The van der Waals surface area contributed by atoms with Gasteiger partial charge in [-0.25, -0.2) is 0 Å². The van der Waals surface area contributed by atoms with E-state index in [4.69, 9.17) is 9.47 Å². The van der Waals surface area contributed by atoms with E-state index in [9.17, 15) is 0 Å². The fourth-order valence-electron chi connectivity index (χ4n) is 2.55. The third-order valence-corrected chi connectivity index (χ3v) is 3.59. The number of rotatable bonds is 8. The van der Waals surface area contributed by atoms with Crippen molar-refractivity contribution in [2.24, 2.45) is 0 Å². The van der Waals surface area contributed by atoms with Crippen LogP contribution in [0.3, 0.4) is 0 Å². The Kier molecular flexibility index (Phi) is 6.18. The molecule has 0 aromatic heterocycles. The molecule has 0 fully saturated rings. The Bertz CT molecular complexity index is 544. The van der Waals surface area contributed by atoms with Gasteiger partial charge in [0, 0.05) is 25.8 Å². The fraction of sp³-hybridized carbons (Fsp3) is 0.444. The topological polar surface area (TPSA) is 30.5 Å². The number of benzene rings is 2. The van der Waals surface area contributed by atoms with Crippen molar-refractivity contribution in [2.75, 3.05) is 19.8 Å². The van der Waals surface area contributed by atoms with Crippen LogP contribution >= 0.6 is 0 Å².